The number of nitrogens with zero attached hydrogens (tertiary/aromatic N) is 3. The third-order valence-electron chi connectivity index (χ3n) is 3.39. The maximum Gasteiger partial charge on any atom is 0.214 e. The molecule has 1 aliphatic rings. The van der Waals surface area contributed by atoms with Crippen LogP contribution in [-0.4, -0.2) is 21.1 Å². The van der Waals surface area contributed by atoms with Gasteiger partial charge < -0.3 is 14.3 Å². The zero-order chi connectivity index (χ0) is 12.4. The smallest absolute Gasteiger partial charge is 0.214 e. The van der Waals surface area contributed by atoms with Crippen molar-refractivity contribution in [2.75, 3.05) is 6.54 Å². The van der Waals surface area contributed by atoms with E-state index < -0.39 is 0 Å². The third kappa shape index (κ3) is 2.31. The van der Waals surface area contributed by atoms with Crippen molar-refractivity contribution in [1.82, 2.24) is 19.9 Å². The van der Waals surface area contributed by atoms with E-state index in [-0.39, 0.29) is 0 Å². The minimum Gasteiger partial charge on any atom is -0.444 e. The molecule has 0 spiro atoms. The number of imidazole rings is 1. The molecule has 1 saturated heterocycles. The van der Waals surface area contributed by atoms with Crippen molar-refractivity contribution in [3.05, 3.63) is 36.1 Å². The number of nitrogens with one attached hydrogen (secondary N) is 1. The second-order valence-electron chi connectivity index (χ2n) is 4.81. The zero-order valence-corrected chi connectivity index (χ0v) is 10.6. The minimum atomic E-state index is 0.414. The van der Waals surface area contributed by atoms with Crippen LogP contribution < -0.4 is 5.32 Å². The Bertz CT molecular complexity index is 511. The van der Waals surface area contributed by atoms with Crippen LogP contribution in [0.3, 0.4) is 0 Å². The van der Waals surface area contributed by atoms with Crippen molar-refractivity contribution in [1.29, 1.82) is 0 Å². The highest BCUT2D eigenvalue weighted by Crippen LogP contribution is 2.23. The fourth-order valence-corrected chi connectivity index (χ4v) is 2.48. The molecular weight excluding hydrogens is 228 g/mol. The predicted molar refractivity (Wildman–Crippen MR) is 67.2 cm³/mol. The maximum atomic E-state index is 5.52. The van der Waals surface area contributed by atoms with Crippen LogP contribution in [0.5, 0.6) is 0 Å². The van der Waals surface area contributed by atoms with Crippen molar-refractivity contribution in [3.63, 3.8) is 0 Å². The molecule has 1 atom stereocenters. The van der Waals surface area contributed by atoms with E-state index in [2.05, 4.69) is 19.9 Å². The quantitative estimate of drug-likeness (QED) is 0.900. The lowest BCUT2D eigenvalue weighted by molar-refractivity contribution is 0.388. The first-order valence-electron chi connectivity index (χ1n) is 6.47. The third-order valence-corrected chi connectivity index (χ3v) is 3.39. The van der Waals surface area contributed by atoms with Crippen LogP contribution in [0.25, 0.3) is 0 Å². The van der Waals surface area contributed by atoms with Gasteiger partial charge >= 0.3 is 0 Å². The molecule has 0 radical (unpaired) electrons. The molecule has 1 N–H and O–H groups in total. The number of aromatic nitrogens is 3. The molecule has 18 heavy (non-hydrogen) atoms. The van der Waals surface area contributed by atoms with Gasteiger partial charge in [-0.25, -0.2) is 9.97 Å². The summed E-state index contributed by atoms with van der Waals surface area (Å²) in [6.07, 6.45) is 9.27. The van der Waals surface area contributed by atoms with Crippen LogP contribution >= 0.6 is 0 Å². The first-order chi connectivity index (χ1) is 8.83. The van der Waals surface area contributed by atoms with E-state index in [9.17, 15) is 0 Å². The van der Waals surface area contributed by atoms with E-state index in [1.165, 1.54) is 25.0 Å². The van der Waals surface area contributed by atoms with Gasteiger partial charge in [0.05, 0.1) is 18.2 Å². The Hall–Kier alpha value is -1.62. The van der Waals surface area contributed by atoms with E-state index in [0.29, 0.717) is 12.6 Å². The topological polar surface area (TPSA) is 55.9 Å². The minimum absolute atomic E-state index is 0.414. The summed E-state index contributed by atoms with van der Waals surface area (Å²) in [6, 6.07) is 0.414. The Balaban J connectivity index is 1.78. The number of aryl methyl sites for hydroxylation is 1. The van der Waals surface area contributed by atoms with Crippen LogP contribution in [0.1, 0.15) is 42.6 Å². The first kappa shape index (κ1) is 11.5. The molecule has 3 heterocycles. The molecule has 0 amide bonds. The molecule has 1 fully saturated rings. The maximum absolute atomic E-state index is 5.52. The molecular formula is C13H18N4O. The molecule has 5 heteroatoms. The fourth-order valence-electron chi connectivity index (χ4n) is 2.48. The molecule has 0 aliphatic carbocycles. The summed E-state index contributed by atoms with van der Waals surface area (Å²) in [5, 5.41) is 3.54. The van der Waals surface area contributed by atoms with Crippen molar-refractivity contribution in [3.8, 4) is 0 Å². The summed E-state index contributed by atoms with van der Waals surface area (Å²) in [5.74, 6) is 1.59. The van der Waals surface area contributed by atoms with Crippen molar-refractivity contribution >= 4 is 0 Å². The lowest BCUT2D eigenvalue weighted by Gasteiger charge is -2.24. The second-order valence-corrected chi connectivity index (χ2v) is 4.81. The number of oxazole rings is 1. The van der Waals surface area contributed by atoms with Crippen LogP contribution in [-0.2, 0) is 6.54 Å². The van der Waals surface area contributed by atoms with Crippen LogP contribution in [0.2, 0.25) is 0 Å². The number of piperidine rings is 1. The van der Waals surface area contributed by atoms with Gasteiger partial charge in [0.1, 0.15) is 12.3 Å². The summed E-state index contributed by atoms with van der Waals surface area (Å²) < 4.78 is 7.64. The van der Waals surface area contributed by atoms with Gasteiger partial charge in [-0.05, 0) is 26.3 Å². The largest absolute Gasteiger partial charge is 0.444 e. The lowest BCUT2D eigenvalue weighted by atomic mass is 10.0. The summed E-state index contributed by atoms with van der Waals surface area (Å²) >= 11 is 0. The van der Waals surface area contributed by atoms with Gasteiger partial charge in [-0.2, -0.15) is 0 Å². The number of hydrogen-bond acceptors (Lipinski definition) is 4. The van der Waals surface area contributed by atoms with Gasteiger partial charge in [-0.1, -0.05) is 6.42 Å². The molecule has 0 saturated carbocycles. The van der Waals surface area contributed by atoms with Crippen molar-refractivity contribution < 1.29 is 4.42 Å². The van der Waals surface area contributed by atoms with Gasteiger partial charge in [0.25, 0.3) is 0 Å². The molecule has 2 aromatic rings. The average Bonchev–Trinajstić information content (AvgIpc) is 3.00. The average molecular weight is 246 g/mol. The van der Waals surface area contributed by atoms with E-state index >= 15 is 0 Å². The standard InChI is InChI=1S/C13H18N4O/c1-10-6-16-13(18-10)8-17-9-14-7-12(17)11-4-2-3-5-15-11/h6-7,9,11,15H,2-5,8H2,1H3. The Kier molecular flexibility index (Phi) is 3.15. The fraction of sp³-hybridized carbons (Fsp3) is 0.538. The highest BCUT2D eigenvalue weighted by atomic mass is 16.4. The molecule has 96 valence electrons. The van der Waals surface area contributed by atoms with E-state index in [1.807, 2.05) is 19.4 Å². The Morgan fingerprint density at radius 2 is 2.39 bits per heavy atom. The van der Waals surface area contributed by atoms with E-state index in [4.69, 9.17) is 4.42 Å². The number of hydrogen-bond donors (Lipinski definition) is 1. The summed E-state index contributed by atoms with van der Waals surface area (Å²) in [4.78, 5) is 8.50. The summed E-state index contributed by atoms with van der Waals surface area (Å²) in [5.41, 5.74) is 1.23. The molecule has 0 bridgehead atoms. The molecule has 0 aromatic carbocycles. The van der Waals surface area contributed by atoms with E-state index in [1.54, 1.807) is 6.20 Å². The predicted octanol–water partition coefficient (Wildman–Crippen LogP) is 2.04. The molecule has 2 aromatic heterocycles. The molecule has 1 aliphatic heterocycles. The van der Waals surface area contributed by atoms with Gasteiger partial charge in [-0.3, -0.25) is 0 Å². The lowest BCUT2D eigenvalue weighted by Crippen LogP contribution is -2.28. The second kappa shape index (κ2) is 4.94. The highest BCUT2D eigenvalue weighted by molar-refractivity contribution is 5.08. The summed E-state index contributed by atoms with van der Waals surface area (Å²) in [6.45, 7) is 3.66. The monoisotopic (exact) mass is 246 g/mol. The van der Waals surface area contributed by atoms with Crippen molar-refractivity contribution in [2.45, 2.75) is 38.8 Å². The Morgan fingerprint density at radius 1 is 1.44 bits per heavy atom. The van der Waals surface area contributed by atoms with Gasteiger partial charge in [0, 0.05) is 12.2 Å². The SMILES string of the molecule is Cc1cnc(Cn2cncc2C2CCCCN2)o1. The Morgan fingerprint density at radius 3 is 3.11 bits per heavy atom. The summed E-state index contributed by atoms with van der Waals surface area (Å²) in [7, 11) is 0. The van der Waals surface area contributed by atoms with Crippen LogP contribution in [0.4, 0.5) is 0 Å². The van der Waals surface area contributed by atoms with Gasteiger partial charge in [-0.15, -0.1) is 0 Å². The zero-order valence-electron chi connectivity index (χ0n) is 10.6. The van der Waals surface area contributed by atoms with Gasteiger partial charge in [0.15, 0.2) is 0 Å². The molecule has 1 unspecified atom stereocenters. The van der Waals surface area contributed by atoms with Crippen LogP contribution in [0.15, 0.2) is 23.1 Å². The normalized spacial score (nSPS) is 20.2. The van der Waals surface area contributed by atoms with E-state index in [0.717, 1.165) is 18.2 Å². The molecule has 5 nitrogen and oxygen atoms in total. The molecule has 3 rings (SSSR count). The van der Waals surface area contributed by atoms with Gasteiger partial charge in [0.2, 0.25) is 5.89 Å². The highest BCUT2D eigenvalue weighted by Gasteiger charge is 2.18. The van der Waals surface area contributed by atoms with Crippen molar-refractivity contribution in [2.24, 2.45) is 0 Å². The number of rotatable bonds is 3. The van der Waals surface area contributed by atoms with Crippen LogP contribution in [0, 0.1) is 6.92 Å². The first-order valence-corrected chi connectivity index (χ1v) is 6.47. The Labute approximate surface area is 106 Å².